The molecule has 5 nitrogen and oxygen atoms in total. The summed E-state index contributed by atoms with van der Waals surface area (Å²) in [5.41, 5.74) is 2.23. The third kappa shape index (κ3) is 3.61. The second kappa shape index (κ2) is 7.51. The van der Waals surface area contributed by atoms with Crippen molar-refractivity contribution in [2.24, 2.45) is 4.99 Å². The number of rotatable bonds is 2. The Kier molecular flexibility index (Phi) is 4.95. The molecule has 0 radical (unpaired) electrons. The summed E-state index contributed by atoms with van der Waals surface area (Å²) in [7, 11) is 0. The summed E-state index contributed by atoms with van der Waals surface area (Å²) in [5, 5.41) is 2.88. The lowest BCUT2D eigenvalue weighted by Gasteiger charge is -2.36. The average molecular weight is 366 g/mol. The number of nitrogens with one attached hydrogen (secondary N) is 1. The zero-order chi connectivity index (χ0) is 17.9. The van der Waals surface area contributed by atoms with Gasteiger partial charge in [-0.25, -0.2) is 4.99 Å². The van der Waals surface area contributed by atoms with E-state index in [2.05, 4.69) is 57.6 Å². The van der Waals surface area contributed by atoms with E-state index >= 15 is 0 Å². The van der Waals surface area contributed by atoms with Crippen molar-refractivity contribution in [1.82, 2.24) is 15.1 Å². The van der Waals surface area contributed by atoms with E-state index in [0.717, 1.165) is 37.7 Å². The lowest BCUT2D eigenvalue weighted by molar-refractivity contribution is -0.119. The number of carbonyl (C=O) groups is 1. The van der Waals surface area contributed by atoms with E-state index in [-0.39, 0.29) is 5.91 Å². The average Bonchev–Trinajstić information content (AvgIpc) is 2.83. The van der Waals surface area contributed by atoms with E-state index in [1.807, 2.05) is 6.07 Å². The van der Waals surface area contributed by atoms with Crippen molar-refractivity contribution in [3.63, 3.8) is 0 Å². The number of benzene rings is 2. The van der Waals surface area contributed by atoms with Gasteiger partial charge in [-0.05, 0) is 18.2 Å². The standard InChI is InChI=1S/C20H22N4OS/c1-15(25)21-14-23-10-12-24(13-11-23)20-16-6-2-4-8-18(16)26-19-9-5-3-7-17(19)22-20/h2-9H,10-14H2,1H3,(H,21,25). The molecular weight excluding hydrogens is 344 g/mol. The Hall–Kier alpha value is -2.31. The van der Waals surface area contributed by atoms with Crippen LogP contribution in [-0.2, 0) is 4.79 Å². The summed E-state index contributed by atoms with van der Waals surface area (Å²) in [4.78, 5) is 23.2. The molecule has 0 atom stereocenters. The van der Waals surface area contributed by atoms with Crippen molar-refractivity contribution in [3.05, 3.63) is 54.1 Å². The Balaban J connectivity index is 1.59. The Morgan fingerprint density at radius 3 is 2.50 bits per heavy atom. The predicted molar refractivity (Wildman–Crippen MR) is 105 cm³/mol. The molecule has 2 aliphatic heterocycles. The zero-order valence-corrected chi connectivity index (χ0v) is 15.6. The number of amidine groups is 1. The van der Waals surface area contributed by atoms with E-state index in [4.69, 9.17) is 4.99 Å². The van der Waals surface area contributed by atoms with Gasteiger partial charge in [-0.3, -0.25) is 9.69 Å². The highest BCUT2D eigenvalue weighted by Gasteiger charge is 2.25. The first kappa shape index (κ1) is 17.1. The fourth-order valence-electron chi connectivity index (χ4n) is 3.25. The van der Waals surface area contributed by atoms with Gasteiger partial charge >= 0.3 is 0 Å². The molecule has 0 unspecified atom stereocenters. The van der Waals surface area contributed by atoms with E-state index < -0.39 is 0 Å². The van der Waals surface area contributed by atoms with Gasteiger partial charge in [0.2, 0.25) is 5.91 Å². The largest absolute Gasteiger partial charge is 0.353 e. The van der Waals surface area contributed by atoms with Crippen LogP contribution in [0.2, 0.25) is 0 Å². The van der Waals surface area contributed by atoms with Gasteiger partial charge in [0.1, 0.15) is 5.84 Å². The van der Waals surface area contributed by atoms with Gasteiger partial charge < -0.3 is 10.2 Å². The highest BCUT2D eigenvalue weighted by Crippen LogP contribution is 2.40. The van der Waals surface area contributed by atoms with Crippen molar-refractivity contribution in [2.45, 2.75) is 16.7 Å². The Morgan fingerprint density at radius 2 is 1.73 bits per heavy atom. The van der Waals surface area contributed by atoms with E-state index in [1.54, 1.807) is 18.7 Å². The molecule has 6 heteroatoms. The van der Waals surface area contributed by atoms with Crippen LogP contribution in [0.5, 0.6) is 0 Å². The van der Waals surface area contributed by atoms with Gasteiger partial charge in [0.25, 0.3) is 0 Å². The van der Waals surface area contributed by atoms with Gasteiger partial charge in [0.15, 0.2) is 0 Å². The minimum absolute atomic E-state index is 0.0168. The number of piperazine rings is 1. The molecule has 0 bridgehead atoms. The monoisotopic (exact) mass is 366 g/mol. The maximum Gasteiger partial charge on any atom is 0.217 e. The molecule has 0 spiro atoms. The SMILES string of the molecule is CC(=O)NCN1CCN(C2=Nc3ccccc3Sc3ccccc32)CC1. The summed E-state index contributed by atoms with van der Waals surface area (Å²) in [6.45, 7) is 5.80. The lowest BCUT2D eigenvalue weighted by atomic mass is 10.1. The molecule has 1 N–H and O–H groups in total. The summed E-state index contributed by atoms with van der Waals surface area (Å²) in [6, 6.07) is 16.8. The molecule has 1 fully saturated rings. The topological polar surface area (TPSA) is 47.9 Å². The zero-order valence-electron chi connectivity index (χ0n) is 14.8. The molecule has 2 aromatic carbocycles. The molecule has 0 aromatic heterocycles. The number of fused-ring (bicyclic) bond motifs is 2. The molecule has 2 heterocycles. The summed E-state index contributed by atoms with van der Waals surface area (Å²) in [6.07, 6.45) is 0. The third-order valence-electron chi connectivity index (χ3n) is 4.66. The molecule has 134 valence electrons. The Bertz CT molecular complexity index is 843. The summed E-state index contributed by atoms with van der Waals surface area (Å²) in [5.74, 6) is 1.07. The van der Waals surface area contributed by atoms with Crippen molar-refractivity contribution in [1.29, 1.82) is 0 Å². The molecular formula is C20H22N4OS. The number of aliphatic imine (C=N–C) groups is 1. The molecule has 26 heavy (non-hydrogen) atoms. The Labute approximate surface area is 158 Å². The van der Waals surface area contributed by atoms with Gasteiger partial charge in [-0.2, -0.15) is 0 Å². The van der Waals surface area contributed by atoms with Crippen LogP contribution in [0.3, 0.4) is 0 Å². The normalized spacial score (nSPS) is 17.0. The maximum atomic E-state index is 11.1. The predicted octanol–water partition coefficient (Wildman–Crippen LogP) is 2.94. The van der Waals surface area contributed by atoms with Gasteiger partial charge in [-0.1, -0.05) is 42.1 Å². The van der Waals surface area contributed by atoms with Crippen LogP contribution in [0.1, 0.15) is 12.5 Å². The molecule has 4 rings (SSSR count). The first-order valence-electron chi connectivity index (χ1n) is 8.87. The molecule has 1 saturated heterocycles. The number of para-hydroxylation sites is 1. The Morgan fingerprint density at radius 1 is 1.04 bits per heavy atom. The smallest absolute Gasteiger partial charge is 0.217 e. The molecule has 2 aliphatic rings. The van der Waals surface area contributed by atoms with E-state index in [9.17, 15) is 4.79 Å². The van der Waals surface area contributed by atoms with Crippen molar-refractivity contribution in [3.8, 4) is 0 Å². The van der Waals surface area contributed by atoms with Crippen molar-refractivity contribution in [2.75, 3.05) is 32.8 Å². The number of hydrogen-bond acceptors (Lipinski definition) is 5. The van der Waals surface area contributed by atoms with Crippen LogP contribution >= 0.6 is 11.8 Å². The van der Waals surface area contributed by atoms with Crippen molar-refractivity contribution < 1.29 is 4.79 Å². The maximum absolute atomic E-state index is 11.1. The van der Waals surface area contributed by atoms with Gasteiger partial charge in [0, 0.05) is 48.5 Å². The molecule has 2 aromatic rings. The van der Waals surface area contributed by atoms with Crippen LogP contribution in [0, 0.1) is 0 Å². The number of amides is 1. The highest BCUT2D eigenvalue weighted by molar-refractivity contribution is 7.99. The van der Waals surface area contributed by atoms with Crippen LogP contribution in [0.15, 0.2) is 63.3 Å². The minimum atomic E-state index is 0.0168. The van der Waals surface area contributed by atoms with Gasteiger partial charge in [0.05, 0.1) is 12.4 Å². The van der Waals surface area contributed by atoms with E-state index in [1.165, 1.54) is 15.4 Å². The quantitative estimate of drug-likeness (QED) is 0.888. The van der Waals surface area contributed by atoms with Crippen LogP contribution in [0.25, 0.3) is 0 Å². The summed E-state index contributed by atoms with van der Waals surface area (Å²) < 4.78 is 0. The number of nitrogens with zero attached hydrogens (tertiary/aromatic N) is 3. The second-order valence-corrected chi connectivity index (χ2v) is 7.58. The van der Waals surface area contributed by atoms with Crippen LogP contribution in [0.4, 0.5) is 5.69 Å². The number of carbonyl (C=O) groups excluding carboxylic acids is 1. The summed E-state index contributed by atoms with van der Waals surface area (Å²) >= 11 is 1.78. The lowest BCUT2D eigenvalue weighted by Crippen LogP contribution is -2.51. The second-order valence-electron chi connectivity index (χ2n) is 6.50. The van der Waals surface area contributed by atoms with Crippen LogP contribution in [-0.4, -0.2) is 54.4 Å². The fourth-order valence-corrected chi connectivity index (χ4v) is 4.27. The fraction of sp³-hybridized carbons (Fsp3) is 0.300. The van der Waals surface area contributed by atoms with Crippen molar-refractivity contribution >= 4 is 29.2 Å². The molecule has 0 saturated carbocycles. The highest BCUT2D eigenvalue weighted by atomic mass is 32.2. The number of hydrogen-bond donors (Lipinski definition) is 1. The van der Waals surface area contributed by atoms with E-state index in [0.29, 0.717) is 6.67 Å². The van der Waals surface area contributed by atoms with Gasteiger partial charge in [-0.15, -0.1) is 0 Å². The first-order valence-corrected chi connectivity index (χ1v) is 9.69. The minimum Gasteiger partial charge on any atom is -0.353 e. The molecule has 1 amide bonds. The third-order valence-corrected chi connectivity index (χ3v) is 5.80. The molecule has 0 aliphatic carbocycles. The first-order chi connectivity index (χ1) is 12.7. The van der Waals surface area contributed by atoms with Crippen LogP contribution < -0.4 is 5.32 Å².